The summed E-state index contributed by atoms with van der Waals surface area (Å²) in [6.45, 7) is 0. The van der Waals surface area contributed by atoms with Crippen LogP contribution in [0.15, 0.2) is 0 Å². The van der Waals surface area contributed by atoms with Gasteiger partial charge in [-0.1, -0.05) is 45.2 Å². The van der Waals surface area contributed by atoms with Crippen LogP contribution in [0.1, 0.15) is 12.8 Å². The van der Waals surface area contributed by atoms with E-state index >= 15 is 0 Å². The molecule has 0 saturated heterocycles. The number of rotatable bonds is 2. The predicted molar refractivity (Wildman–Crippen MR) is 49.4 cm³/mol. The Morgan fingerprint density at radius 2 is 2.14 bits per heavy atom. The Labute approximate surface area is 71.7 Å². The van der Waals surface area contributed by atoms with E-state index in [0.717, 1.165) is 9.84 Å². The highest BCUT2D eigenvalue weighted by atomic mass is 127. The zero-order chi connectivity index (χ0) is 5.28. The third-order valence-corrected chi connectivity index (χ3v) is 5.37. The monoisotopic (exact) mass is 322 g/mol. The molecule has 1 rings (SSSR count). The van der Waals surface area contributed by atoms with E-state index in [1.165, 1.54) is 17.3 Å². The van der Waals surface area contributed by atoms with E-state index in [2.05, 4.69) is 45.2 Å². The van der Waals surface area contributed by atoms with E-state index in [9.17, 15) is 0 Å². The quantitative estimate of drug-likeness (QED) is 0.542. The Bertz CT molecular complexity index is 59.1. The molecule has 0 spiro atoms. The number of halogens is 2. The fourth-order valence-electron chi connectivity index (χ4n) is 0.584. The van der Waals surface area contributed by atoms with Crippen molar-refractivity contribution in [2.75, 3.05) is 4.43 Å². The smallest absolute Gasteiger partial charge is 0.0227 e. The molecule has 1 saturated carbocycles. The molecule has 1 aliphatic rings. The maximum Gasteiger partial charge on any atom is 0.0227 e. The van der Waals surface area contributed by atoms with Crippen molar-refractivity contribution in [1.29, 1.82) is 0 Å². The lowest BCUT2D eigenvalue weighted by atomic mass is 10.3. The van der Waals surface area contributed by atoms with Crippen molar-refractivity contribution in [3.63, 3.8) is 0 Å². The zero-order valence-corrected chi connectivity index (χ0v) is 8.35. The molecule has 1 unspecified atom stereocenters. The van der Waals surface area contributed by atoms with Gasteiger partial charge in [-0.3, -0.25) is 0 Å². The summed E-state index contributed by atoms with van der Waals surface area (Å²) < 4.78 is 2.31. The lowest BCUT2D eigenvalue weighted by molar-refractivity contribution is 0.867. The minimum absolute atomic E-state index is 0.971. The number of alkyl halides is 2. The van der Waals surface area contributed by atoms with Crippen molar-refractivity contribution < 1.29 is 0 Å². The second-order valence-electron chi connectivity index (χ2n) is 2.01. The molecule has 0 nitrogen and oxygen atoms in total. The average Bonchev–Trinajstić information content (AvgIpc) is 2.44. The molecular formula is C5H8I2. The van der Waals surface area contributed by atoms with E-state index in [0.29, 0.717) is 0 Å². The molecule has 0 aromatic heterocycles. The lowest BCUT2D eigenvalue weighted by Gasteiger charge is -1.98. The molecule has 1 fully saturated rings. The molecule has 0 aliphatic heterocycles. The molecular weight excluding hydrogens is 314 g/mol. The van der Waals surface area contributed by atoms with Crippen LogP contribution in [0.2, 0.25) is 0 Å². The molecule has 2 heteroatoms. The summed E-state index contributed by atoms with van der Waals surface area (Å²) in [6, 6.07) is 0. The van der Waals surface area contributed by atoms with Gasteiger partial charge in [-0.2, -0.15) is 0 Å². The zero-order valence-electron chi connectivity index (χ0n) is 4.03. The largest absolute Gasteiger partial charge is 0.0852 e. The maximum atomic E-state index is 2.55. The molecule has 0 bridgehead atoms. The Balaban J connectivity index is 2.10. The van der Waals surface area contributed by atoms with Gasteiger partial charge < -0.3 is 0 Å². The SMILES string of the molecule is ICC(I)C1CC1. The fourth-order valence-corrected chi connectivity index (χ4v) is 2.02. The van der Waals surface area contributed by atoms with Gasteiger partial charge in [0.05, 0.1) is 0 Å². The van der Waals surface area contributed by atoms with Gasteiger partial charge in [0, 0.05) is 8.35 Å². The van der Waals surface area contributed by atoms with Crippen molar-refractivity contribution in [2.45, 2.75) is 16.8 Å². The van der Waals surface area contributed by atoms with Gasteiger partial charge in [0.1, 0.15) is 0 Å². The minimum atomic E-state index is 0.971. The first kappa shape index (κ1) is 6.58. The minimum Gasteiger partial charge on any atom is -0.0852 e. The topological polar surface area (TPSA) is 0 Å². The molecule has 7 heavy (non-hydrogen) atoms. The third kappa shape index (κ3) is 2.03. The van der Waals surface area contributed by atoms with Gasteiger partial charge in [-0.25, -0.2) is 0 Å². The predicted octanol–water partition coefficient (Wildman–Crippen LogP) is 2.64. The van der Waals surface area contributed by atoms with Gasteiger partial charge in [-0.05, 0) is 18.8 Å². The van der Waals surface area contributed by atoms with Gasteiger partial charge in [0.15, 0.2) is 0 Å². The Hall–Kier alpha value is 1.46. The molecule has 0 aromatic carbocycles. The summed E-state index contributed by atoms with van der Waals surface area (Å²) in [5.41, 5.74) is 0. The van der Waals surface area contributed by atoms with Gasteiger partial charge in [0.25, 0.3) is 0 Å². The Kier molecular flexibility index (Phi) is 2.67. The molecule has 1 aliphatic carbocycles. The second-order valence-corrected chi connectivity index (χ2v) is 4.49. The van der Waals surface area contributed by atoms with E-state index in [1.54, 1.807) is 0 Å². The van der Waals surface area contributed by atoms with E-state index < -0.39 is 0 Å². The van der Waals surface area contributed by atoms with Crippen LogP contribution in [0.3, 0.4) is 0 Å². The summed E-state index contributed by atoms with van der Waals surface area (Å²) in [5, 5.41) is 0. The van der Waals surface area contributed by atoms with Crippen LogP contribution in [0.5, 0.6) is 0 Å². The summed E-state index contributed by atoms with van der Waals surface area (Å²) >= 11 is 5.01. The van der Waals surface area contributed by atoms with Crippen LogP contribution < -0.4 is 0 Å². The van der Waals surface area contributed by atoms with Crippen molar-refractivity contribution in [3.05, 3.63) is 0 Å². The molecule has 0 N–H and O–H groups in total. The van der Waals surface area contributed by atoms with Crippen LogP contribution in [0.4, 0.5) is 0 Å². The van der Waals surface area contributed by atoms with Gasteiger partial charge in [-0.15, -0.1) is 0 Å². The van der Waals surface area contributed by atoms with Gasteiger partial charge >= 0.3 is 0 Å². The standard InChI is InChI=1S/C5H8I2/c6-3-5(7)4-1-2-4/h4-5H,1-3H2. The van der Waals surface area contributed by atoms with E-state index in [1.807, 2.05) is 0 Å². The van der Waals surface area contributed by atoms with Crippen LogP contribution in [0, 0.1) is 5.92 Å². The molecule has 0 aromatic rings. The van der Waals surface area contributed by atoms with Gasteiger partial charge in [0.2, 0.25) is 0 Å². The van der Waals surface area contributed by atoms with Crippen molar-refractivity contribution in [3.8, 4) is 0 Å². The van der Waals surface area contributed by atoms with Crippen molar-refractivity contribution in [1.82, 2.24) is 0 Å². The first-order valence-corrected chi connectivity index (χ1v) is 5.31. The molecule has 0 radical (unpaired) electrons. The summed E-state index contributed by atoms with van der Waals surface area (Å²) in [4.78, 5) is 0. The summed E-state index contributed by atoms with van der Waals surface area (Å²) in [6.07, 6.45) is 2.99. The van der Waals surface area contributed by atoms with E-state index in [-0.39, 0.29) is 0 Å². The molecule has 1 atom stereocenters. The maximum absolute atomic E-state index is 2.55. The highest BCUT2D eigenvalue weighted by molar-refractivity contribution is 14.1. The van der Waals surface area contributed by atoms with Crippen LogP contribution in [-0.2, 0) is 0 Å². The third-order valence-electron chi connectivity index (χ3n) is 1.28. The normalized spacial score (nSPS) is 24.9. The van der Waals surface area contributed by atoms with Crippen molar-refractivity contribution >= 4 is 45.2 Å². The number of hydrogen-bond acceptors (Lipinski definition) is 0. The fraction of sp³-hybridized carbons (Fsp3) is 1.00. The van der Waals surface area contributed by atoms with Crippen LogP contribution in [-0.4, -0.2) is 8.35 Å². The van der Waals surface area contributed by atoms with Crippen LogP contribution >= 0.6 is 45.2 Å². The first-order chi connectivity index (χ1) is 3.34. The Morgan fingerprint density at radius 1 is 1.57 bits per heavy atom. The average molecular weight is 322 g/mol. The Morgan fingerprint density at radius 3 is 2.29 bits per heavy atom. The molecule has 0 heterocycles. The van der Waals surface area contributed by atoms with Crippen LogP contribution in [0.25, 0.3) is 0 Å². The molecule has 42 valence electrons. The lowest BCUT2D eigenvalue weighted by Crippen LogP contribution is -1.99. The van der Waals surface area contributed by atoms with E-state index in [4.69, 9.17) is 0 Å². The molecule has 0 amide bonds. The van der Waals surface area contributed by atoms with Crippen molar-refractivity contribution in [2.24, 2.45) is 5.92 Å². The summed E-state index contributed by atoms with van der Waals surface area (Å²) in [7, 11) is 0. The second kappa shape index (κ2) is 2.85. The highest BCUT2D eigenvalue weighted by Gasteiger charge is 2.27. The highest BCUT2D eigenvalue weighted by Crippen LogP contribution is 2.37. The number of hydrogen-bond donors (Lipinski definition) is 0. The summed E-state index contributed by atoms with van der Waals surface area (Å²) in [5.74, 6) is 1.09. The first-order valence-electron chi connectivity index (χ1n) is 2.54.